The molecule has 2 amide bonds. The minimum Gasteiger partial charge on any atom is -0.484 e. The van der Waals surface area contributed by atoms with Crippen molar-refractivity contribution in [1.82, 2.24) is 4.90 Å². The normalized spacial score (nSPS) is 18.5. The molecule has 134 valence electrons. The van der Waals surface area contributed by atoms with E-state index in [1.54, 1.807) is 21.9 Å². The molecule has 1 aromatic carbocycles. The highest BCUT2D eigenvalue weighted by Crippen LogP contribution is 2.24. The van der Waals surface area contributed by atoms with Crippen LogP contribution in [0.2, 0.25) is 0 Å². The molecule has 0 aromatic heterocycles. The number of nitrogens with zero attached hydrogens (tertiary/aromatic N) is 2. The zero-order valence-electron chi connectivity index (χ0n) is 14.0. The Labute approximate surface area is 146 Å². The van der Waals surface area contributed by atoms with Crippen LogP contribution in [-0.2, 0) is 14.4 Å². The number of hydrogen-bond acceptors (Lipinski definition) is 4. The number of carbonyl (C=O) groups excluding carboxylic acids is 2. The number of likely N-dealkylation sites (tertiary alicyclic amines) is 1. The molecular weight excluding hydrogens is 324 g/mol. The van der Waals surface area contributed by atoms with Crippen LogP contribution in [0.4, 0.5) is 5.69 Å². The summed E-state index contributed by atoms with van der Waals surface area (Å²) >= 11 is 0. The van der Waals surface area contributed by atoms with Crippen LogP contribution in [0.3, 0.4) is 0 Å². The minimum atomic E-state index is -0.792. The molecule has 0 radical (unpaired) electrons. The summed E-state index contributed by atoms with van der Waals surface area (Å²) in [7, 11) is 0. The lowest BCUT2D eigenvalue weighted by atomic mass is 9.97. The number of benzene rings is 1. The first-order valence-corrected chi connectivity index (χ1v) is 8.58. The molecule has 1 N–H and O–H groups in total. The number of carboxylic acids is 1. The van der Waals surface area contributed by atoms with Crippen LogP contribution < -0.4 is 9.64 Å². The van der Waals surface area contributed by atoms with Crippen molar-refractivity contribution >= 4 is 23.5 Å². The summed E-state index contributed by atoms with van der Waals surface area (Å²) in [6, 6.07) is 7.15. The molecule has 0 saturated carbocycles. The highest BCUT2D eigenvalue weighted by Gasteiger charge is 2.27. The van der Waals surface area contributed by atoms with Gasteiger partial charge in [-0.05, 0) is 43.5 Å². The van der Waals surface area contributed by atoms with Gasteiger partial charge in [0, 0.05) is 31.7 Å². The Morgan fingerprint density at radius 2 is 1.80 bits per heavy atom. The van der Waals surface area contributed by atoms with Gasteiger partial charge < -0.3 is 19.6 Å². The average Bonchev–Trinajstić information content (AvgIpc) is 3.06. The fourth-order valence-electron chi connectivity index (χ4n) is 3.26. The third-order valence-electron chi connectivity index (χ3n) is 4.78. The summed E-state index contributed by atoms with van der Waals surface area (Å²) in [6.45, 7) is 1.58. The van der Waals surface area contributed by atoms with Crippen LogP contribution in [0.1, 0.15) is 25.7 Å². The van der Waals surface area contributed by atoms with E-state index in [0.717, 1.165) is 18.7 Å². The molecule has 7 nitrogen and oxygen atoms in total. The van der Waals surface area contributed by atoms with Gasteiger partial charge in [-0.2, -0.15) is 0 Å². The molecule has 3 rings (SSSR count). The molecule has 1 aromatic rings. The molecular formula is C18H22N2O5. The molecule has 0 aliphatic carbocycles. The Hall–Kier alpha value is -2.57. The van der Waals surface area contributed by atoms with E-state index in [1.165, 1.54) is 0 Å². The Bertz CT molecular complexity index is 650. The molecule has 2 heterocycles. The maximum atomic E-state index is 12.2. The number of rotatable bonds is 5. The summed E-state index contributed by atoms with van der Waals surface area (Å²) in [5, 5.41) is 8.98. The van der Waals surface area contributed by atoms with Crippen molar-refractivity contribution in [2.24, 2.45) is 5.92 Å². The second-order valence-corrected chi connectivity index (χ2v) is 6.42. The maximum Gasteiger partial charge on any atom is 0.306 e. The number of carbonyl (C=O) groups is 3. The van der Waals surface area contributed by atoms with Crippen molar-refractivity contribution in [1.29, 1.82) is 0 Å². The van der Waals surface area contributed by atoms with Crippen molar-refractivity contribution < 1.29 is 24.2 Å². The van der Waals surface area contributed by atoms with E-state index in [-0.39, 0.29) is 24.3 Å². The van der Waals surface area contributed by atoms with E-state index < -0.39 is 5.97 Å². The van der Waals surface area contributed by atoms with Gasteiger partial charge in [-0.25, -0.2) is 0 Å². The van der Waals surface area contributed by atoms with Gasteiger partial charge in [-0.1, -0.05) is 0 Å². The fraction of sp³-hybridized carbons (Fsp3) is 0.500. The third kappa shape index (κ3) is 4.10. The van der Waals surface area contributed by atoms with Gasteiger partial charge in [0.25, 0.3) is 5.91 Å². The van der Waals surface area contributed by atoms with Crippen LogP contribution in [-0.4, -0.2) is 54.0 Å². The molecule has 0 spiro atoms. The van der Waals surface area contributed by atoms with E-state index in [0.29, 0.717) is 38.1 Å². The predicted octanol–water partition coefficient (Wildman–Crippen LogP) is 1.52. The molecule has 7 heteroatoms. The zero-order chi connectivity index (χ0) is 17.8. The second kappa shape index (κ2) is 7.55. The summed E-state index contributed by atoms with van der Waals surface area (Å²) in [5.74, 6) is -0.578. The number of amides is 2. The Morgan fingerprint density at radius 3 is 2.36 bits per heavy atom. The lowest BCUT2D eigenvalue weighted by molar-refractivity contribution is -0.146. The van der Waals surface area contributed by atoms with Gasteiger partial charge in [-0.3, -0.25) is 14.4 Å². The predicted molar refractivity (Wildman–Crippen MR) is 90.5 cm³/mol. The Balaban J connectivity index is 1.48. The van der Waals surface area contributed by atoms with Gasteiger partial charge >= 0.3 is 5.97 Å². The third-order valence-corrected chi connectivity index (χ3v) is 4.78. The molecule has 2 fully saturated rings. The smallest absolute Gasteiger partial charge is 0.306 e. The fourth-order valence-corrected chi connectivity index (χ4v) is 3.26. The first-order valence-electron chi connectivity index (χ1n) is 8.58. The van der Waals surface area contributed by atoms with Gasteiger partial charge in [-0.15, -0.1) is 0 Å². The molecule has 2 saturated heterocycles. The summed E-state index contributed by atoms with van der Waals surface area (Å²) < 4.78 is 5.53. The number of anilines is 1. The molecule has 0 atom stereocenters. The molecule has 2 aliphatic heterocycles. The highest BCUT2D eigenvalue weighted by molar-refractivity contribution is 5.95. The molecule has 0 unspecified atom stereocenters. The molecule has 0 bridgehead atoms. The van der Waals surface area contributed by atoms with Crippen molar-refractivity contribution in [2.75, 3.05) is 31.1 Å². The second-order valence-electron chi connectivity index (χ2n) is 6.42. The van der Waals surface area contributed by atoms with E-state index in [2.05, 4.69) is 0 Å². The average molecular weight is 346 g/mol. The largest absolute Gasteiger partial charge is 0.484 e. The van der Waals surface area contributed by atoms with Gasteiger partial charge in [0.05, 0.1) is 5.92 Å². The summed E-state index contributed by atoms with van der Waals surface area (Å²) in [5.41, 5.74) is 0.844. The van der Waals surface area contributed by atoms with Crippen molar-refractivity contribution in [3.63, 3.8) is 0 Å². The first-order chi connectivity index (χ1) is 12.0. The quantitative estimate of drug-likeness (QED) is 0.873. The lowest BCUT2D eigenvalue weighted by Crippen LogP contribution is -2.42. The number of ether oxygens (including phenoxy) is 1. The van der Waals surface area contributed by atoms with Crippen LogP contribution in [0.5, 0.6) is 5.75 Å². The maximum absolute atomic E-state index is 12.2. The van der Waals surface area contributed by atoms with Crippen molar-refractivity contribution in [2.45, 2.75) is 25.7 Å². The van der Waals surface area contributed by atoms with Gasteiger partial charge in [0.1, 0.15) is 5.75 Å². The first kappa shape index (κ1) is 17.3. The van der Waals surface area contributed by atoms with E-state index in [4.69, 9.17) is 9.84 Å². The van der Waals surface area contributed by atoms with Gasteiger partial charge in [0.15, 0.2) is 6.61 Å². The Kier molecular flexibility index (Phi) is 5.21. The van der Waals surface area contributed by atoms with Crippen LogP contribution in [0.25, 0.3) is 0 Å². The van der Waals surface area contributed by atoms with Crippen LogP contribution in [0, 0.1) is 5.92 Å². The van der Waals surface area contributed by atoms with E-state index in [1.807, 2.05) is 12.1 Å². The SMILES string of the molecule is O=C(O)C1CCN(C(=O)COc2ccc(N3CCCC3=O)cc2)CC1. The highest BCUT2D eigenvalue weighted by atomic mass is 16.5. The Morgan fingerprint density at radius 1 is 1.12 bits per heavy atom. The van der Waals surface area contributed by atoms with Crippen molar-refractivity contribution in [3.8, 4) is 5.75 Å². The van der Waals surface area contributed by atoms with E-state index in [9.17, 15) is 14.4 Å². The standard InChI is InChI=1S/C18H22N2O5/c21-16-2-1-9-20(16)14-3-5-15(6-4-14)25-12-17(22)19-10-7-13(8-11-19)18(23)24/h3-6,13H,1-2,7-12H2,(H,23,24). The van der Waals surface area contributed by atoms with Gasteiger partial charge in [0.2, 0.25) is 5.91 Å². The van der Waals surface area contributed by atoms with Crippen molar-refractivity contribution in [3.05, 3.63) is 24.3 Å². The van der Waals surface area contributed by atoms with E-state index >= 15 is 0 Å². The number of carboxylic acid groups (broad SMARTS) is 1. The number of aliphatic carboxylic acids is 1. The topological polar surface area (TPSA) is 87.2 Å². The monoisotopic (exact) mass is 346 g/mol. The molecule has 2 aliphatic rings. The summed E-state index contributed by atoms with van der Waals surface area (Å²) in [4.78, 5) is 38.2. The zero-order valence-corrected chi connectivity index (χ0v) is 14.0. The van der Waals surface area contributed by atoms with Crippen LogP contribution in [0.15, 0.2) is 24.3 Å². The summed E-state index contributed by atoms with van der Waals surface area (Å²) in [6.07, 6.45) is 2.44. The molecule has 25 heavy (non-hydrogen) atoms. The number of hydrogen-bond donors (Lipinski definition) is 1. The minimum absolute atomic E-state index is 0.0697. The van der Waals surface area contributed by atoms with Crippen LogP contribution >= 0.6 is 0 Å². The number of piperidine rings is 1. The lowest BCUT2D eigenvalue weighted by Gasteiger charge is -2.30.